The predicted molar refractivity (Wildman–Crippen MR) is 153 cm³/mol. The number of fused-ring (bicyclic) bond motifs is 2. The van der Waals surface area contributed by atoms with Crippen molar-refractivity contribution in [3.8, 4) is 28.7 Å². The highest BCUT2D eigenvalue weighted by Crippen LogP contribution is 2.41. The zero-order valence-corrected chi connectivity index (χ0v) is 23.3. The molecule has 39 heavy (non-hydrogen) atoms. The van der Waals surface area contributed by atoms with Gasteiger partial charge in [-0.05, 0) is 52.0 Å². The number of ether oxygens (including phenoxy) is 4. The summed E-state index contributed by atoms with van der Waals surface area (Å²) in [7, 11) is 1.70. The third-order valence-corrected chi connectivity index (χ3v) is 7.69. The molecule has 9 heteroatoms. The van der Waals surface area contributed by atoms with Gasteiger partial charge in [0.25, 0.3) is 0 Å². The van der Waals surface area contributed by atoms with E-state index in [9.17, 15) is 0 Å². The fraction of sp³-hybridized carbons (Fsp3) is 0.400. The zero-order chi connectivity index (χ0) is 27.1. The molecule has 9 nitrogen and oxygen atoms in total. The quantitative estimate of drug-likeness (QED) is 0.351. The number of anilines is 2. The Kier molecular flexibility index (Phi) is 6.58. The Morgan fingerprint density at radius 3 is 2.36 bits per heavy atom. The topological polar surface area (TPSA) is 74.1 Å². The standard InChI is InChI=1S/C30H35N5O4/c1-6-37-22-10-11-23(26(18-22)36-5)35-20(3)27-19(2)31-32-30(28(27)21(35)4)34-14-12-33(13-15-34)24-8-7-9-25-29(24)39-17-16-38-25/h7-11,18H,6,12-17H2,1-5H3. The minimum atomic E-state index is 0.579. The molecule has 4 aromatic rings. The molecule has 0 aliphatic carbocycles. The molecular formula is C30H35N5O4. The summed E-state index contributed by atoms with van der Waals surface area (Å²) in [6.45, 7) is 13.4. The van der Waals surface area contributed by atoms with Crippen molar-refractivity contribution in [3.05, 3.63) is 53.5 Å². The molecule has 0 spiro atoms. The molecule has 1 fully saturated rings. The largest absolute Gasteiger partial charge is 0.494 e. The third kappa shape index (κ3) is 4.26. The SMILES string of the molecule is CCOc1ccc(-n2c(C)c3c(C)nnc(N4CCN(c5cccc6c5OCCO6)CC4)c3c2C)c(OC)c1. The van der Waals surface area contributed by atoms with E-state index in [1.54, 1.807) is 7.11 Å². The summed E-state index contributed by atoms with van der Waals surface area (Å²) < 4.78 is 25.5. The van der Waals surface area contributed by atoms with Crippen LogP contribution in [0.25, 0.3) is 16.5 Å². The van der Waals surface area contributed by atoms with E-state index >= 15 is 0 Å². The minimum Gasteiger partial charge on any atom is -0.494 e. The number of benzene rings is 2. The van der Waals surface area contributed by atoms with Gasteiger partial charge in [-0.3, -0.25) is 0 Å². The van der Waals surface area contributed by atoms with Gasteiger partial charge >= 0.3 is 0 Å². The van der Waals surface area contributed by atoms with Gasteiger partial charge in [0.1, 0.15) is 24.7 Å². The number of hydrogen-bond donors (Lipinski definition) is 0. The van der Waals surface area contributed by atoms with Crippen LogP contribution in [-0.4, -0.2) is 67.9 Å². The molecule has 0 saturated carbocycles. The molecule has 6 rings (SSSR count). The molecule has 2 aromatic heterocycles. The van der Waals surface area contributed by atoms with Gasteiger partial charge in [0, 0.05) is 54.4 Å². The van der Waals surface area contributed by atoms with Crippen LogP contribution in [0.15, 0.2) is 36.4 Å². The number of piperazine rings is 1. The van der Waals surface area contributed by atoms with E-state index in [0.717, 1.165) is 94.2 Å². The van der Waals surface area contributed by atoms with Crippen LogP contribution >= 0.6 is 0 Å². The van der Waals surface area contributed by atoms with Gasteiger partial charge in [-0.25, -0.2) is 0 Å². The fourth-order valence-electron chi connectivity index (χ4n) is 5.92. The summed E-state index contributed by atoms with van der Waals surface area (Å²) in [6, 6.07) is 12.1. The second kappa shape index (κ2) is 10.2. The number of nitrogens with zero attached hydrogens (tertiary/aromatic N) is 5. The lowest BCUT2D eigenvalue weighted by Gasteiger charge is -2.38. The summed E-state index contributed by atoms with van der Waals surface area (Å²) >= 11 is 0. The Morgan fingerprint density at radius 2 is 1.59 bits per heavy atom. The van der Waals surface area contributed by atoms with E-state index in [4.69, 9.17) is 24.0 Å². The van der Waals surface area contributed by atoms with Crippen LogP contribution in [0.1, 0.15) is 24.0 Å². The molecule has 0 amide bonds. The minimum absolute atomic E-state index is 0.579. The number of hydrogen-bond acceptors (Lipinski definition) is 8. The highest BCUT2D eigenvalue weighted by molar-refractivity contribution is 5.99. The first-order chi connectivity index (χ1) is 19.0. The van der Waals surface area contributed by atoms with Crippen LogP contribution in [0.5, 0.6) is 23.0 Å². The molecule has 2 aromatic carbocycles. The summed E-state index contributed by atoms with van der Waals surface area (Å²) in [5, 5.41) is 11.6. The Morgan fingerprint density at radius 1 is 0.846 bits per heavy atom. The van der Waals surface area contributed by atoms with Gasteiger partial charge in [-0.2, -0.15) is 5.10 Å². The van der Waals surface area contributed by atoms with Crippen LogP contribution in [0.3, 0.4) is 0 Å². The maximum Gasteiger partial charge on any atom is 0.184 e. The summed E-state index contributed by atoms with van der Waals surface area (Å²) in [6.07, 6.45) is 0. The predicted octanol–water partition coefficient (Wildman–Crippen LogP) is 4.85. The van der Waals surface area contributed by atoms with Crippen molar-refractivity contribution in [1.82, 2.24) is 14.8 Å². The molecule has 2 aliphatic heterocycles. The van der Waals surface area contributed by atoms with Crippen molar-refractivity contribution in [2.24, 2.45) is 0 Å². The van der Waals surface area contributed by atoms with Crippen molar-refractivity contribution in [1.29, 1.82) is 0 Å². The van der Waals surface area contributed by atoms with Crippen molar-refractivity contribution in [2.45, 2.75) is 27.7 Å². The van der Waals surface area contributed by atoms with Crippen LogP contribution < -0.4 is 28.7 Å². The molecule has 4 heterocycles. The Labute approximate surface area is 228 Å². The van der Waals surface area contributed by atoms with Crippen LogP contribution in [-0.2, 0) is 0 Å². The summed E-state index contributed by atoms with van der Waals surface area (Å²) in [4.78, 5) is 4.72. The van der Waals surface area contributed by atoms with Gasteiger partial charge in [-0.15, -0.1) is 5.10 Å². The van der Waals surface area contributed by atoms with Crippen LogP contribution in [0.2, 0.25) is 0 Å². The molecular weight excluding hydrogens is 494 g/mol. The highest BCUT2D eigenvalue weighted by atomic mass is 16.6. The Balaban J connectivity index is 1.35. The molecule has 0 unspecified atom stereocenters. The number of aromatic nitrogens is 3. The molecule has 0 atom stereocenters. The van der Waals surface area contributed by atoms with Gasteiger partial charge < -0.3 is 33.3 Å². The molecule has 1 saturated heterocycles. The van der Waals surface area contributed by atoms with Gasteiger partial charge in [-0.1, -0.05) is 6.07 Å². The molecule has 204 valence electrons. The first-order valence-corrected chi connectivity index (χ1v) is 13.6. The normalized spacial score (nSPS) is 15.1. The van der Waals surface area contributed by atoms with Crippen molar-refractivity contribution in [2.75, 3.05) is 62.9 Å². The van der Waals surface area contributed by atoms with E-state index in [2.05, 4.69) is 45.4 Å². The Bertz CT molecular complexity index is 1520. The monoisotopic (exact) mass is 529 g/mol. The molecule has 0 bridgehead atoms. The van der Waals surface area contributed by atoms with Crippen molar-refractivity contribution >= 4 is 22.3 Å². The maximum absolute atomic E-state index is 5.98. The second-order valence-electron chi connectivity index (χ2n) is 9.91. The van der Waals surface area contributed by atoms with Gasteiger partial charge in [0.15, 0.2) is 17.3 Å². The van der Waals surface area contributed by atoms with Crippen molar-refractivity contribution < 1.29 is 18.9 Å². The van der Waals surface area contributed by atoms with E-state index < -0.39 is 0 Å². The van der Waals surface area contributed by atoms with E-state index in [0.29, 0.717) is 19.8 Å². The molecule has 0 N–H and O–H groups in total. The van der Waals surface area contributed by atoms with E-state index in [1.165, 1.54) is 0 Å². The number of para-hydroxylation sites is 1. The first-order valence-electron chi connectivity index (χ1n) is 13.6. The summed E-state index contributed by atoms with van der Waals surface area (Å²) in [5.74, 6) is 4.15. The van der Waals surface area contributed by atoms with Gasteiger partial charge in [0.2, 0.25) is 0 Å². The smallest absolute Gasteiger partial charge is 0.184 e. The highest BCUT2D eigenvalue weighted by Gasteiger charge is 2.28. The lowest BCUT2D eigenvalue weighted by molar-refractivity contribution is 0.172. The average Bonchev–Trinajstić information content (AvgIpc) is 3.23. The average molecular weight is 530 g/mol. The second-order valence-corrected chi connectivity index (χ2v) is 9.91. The van der Waals surface area contributed by atoms with E-state index in [1.807, 2.05) is 38.1 Å². The molecule has 2 aliphatic rings. The van der Waals surface area contributed by atoms with Gasteiger partial charge in [0.05, 0.1) is 30.8 Å². The maximum atomic E-state index is 5.98. The third-order valence-electron chi connectivity index (χ3n) is 7.69. The van der Waals surface area contributed by atoms with Crippen molar-refractivity contribution in [3.63, 3.8) is 0 Å². The number of methoxy groups -OCH3 is 1. The molecule has 0 radical (unpaired) electrons. The van der Waals surface area contributed by atoms with Crippen LogP contribution in [0.4, 0.5) is 11.5 Å². The van der Waals surface area contributed by atoms with E-state index in [-0.39, 0.29) is 0 Å². The Hall–Kier alpha value is -4.14. The number of rotatable bonds is 6. The zero-order valence-electron chi connectivity index (χ0n) is 23.3. The first kappa shape index (κ1) is 25.2. The number of aryl methyl sites for hydroxylation is 3. The van der Waals surface area contributed by atoms with Crippen LogP contribution in [0, 0.1) is 20.8 Å². The fourth-order valence-corrected chi connectivity index (χ4v) is 5.92. The lowest BCUT2D eigenvalue weighted by Crippen LogP contribution is -2.47. The summed E-state index contributed by atoms with van der Waals surface area (Å²) in [5.41, 5.74) is 5.21. The lowest BCUT2D eigenvalue weighted by atomic mass is 10.1.